The van der Waals surface area contributed by atoms with E-state index >= 15 is 0 Å². The lowest BCUT2D eigenvalue weighted by Gasteiger charge is -2.35. The molecule has 0 saturated carbocycles. The molecule has 0 aliphatic carbocycles. The van der Waals surface area contributed by atoms with Crippen LogP contribution in [0.2, 0.25) is 0 Å². The monoisotopic (exact) mass is 270 g/mol. The van der Waals surface area contributed by atoms with Gasteiger partial charge in [-0.05, 0) is 43.5 Å². The predicted octanol–water partition coefficient (Wildman–Crippen LogP) is 0.559. The number of benzene rings is 1. The topological polar surface area (TPSA) is 83.6 Å². The van der Waals surface area contributed by atoms with E-state index in [-0.39, 0.29) is 18.0 Å². The molecule has 6 heteroatoms. The summed E-state index contributed by atoms with van der Waals surface area (Å²) >= 11 is 0. The zero-order valence-corrected chi connectivity index (χ0v) is 11.6. The van der Waals surface area contributed by atoms with Gasteiger partial charge >= 0.3 is 0 Å². The van der Waals surface area contributed by atoms with E-state index in [1.807, 2.05) is 6.92 Å². The average Bonchev–Trinajstić information content (AvgIpc) is 2.22. The highest BCUT2D eigenvalue weighted by Crippen LogP contribution is 2.31. The number of anilines is 1. The third kappa shape index (κ3) is 1.90. The normalized spacial score (nSPS) is 17.8. The van der Waals surface area contributed by atoms with Crippen molar-refractivity contribution in [2.45, 2.75) is 31.8 Å². The van der Waals surface area contributed by atoms with E-state index in [9.17, 15) is 13.5 Å². The lowest BCUT2D eigenvalue weighted by Crippen LogP contribution is -2.53. The molecule has 0 bridgehead atoms. The van der Waals surface area contributed by atoms with Crippen LogP contribution in [0, 0.1) is 20.8 Å². The maximum absolute atomic E-state index is 12.5. The number of rotatable bonds is 2. The Bertz CT molecular complexity index is 564. The molecule has 0 atom stereocenters. The molecule has 1 aliphatic heterocycles. The zero-order valence-electron chi connectivity index (χ0n) is 10.8. The number of nitrogens with two attached hydrogens (primary N) is 1. The Hall–Kier alpha value is -1.11. The van der Waals surface area contributed by atoms with Crippen LogP contribution in [0.3, 0.4) is 0 Å². The van der Waals surface area contributed by atoms with Gasteiger partial charge in [-0.3, -0.25) is 0 Å². The first-order valence-electron chi connectivity index (χ1n) is 5.79. The summed E-state index contributed by atoms with van der Waals surface area (Å²) in [5.41, 5.74) is 8.49. The van der Waals surface area contributed by atoms with Crippen molar-refractivity contribution in [3.63, 3.8) is 0 Å². The molecule has 0 amide bonds. The molecule has 1 aromatic carbocycles. The minimum Gasteiger partial charge on any atom is -0.398 e. The van der Waals surface area contributed by atoms with E-state index in [0.29, 0.717) is 11.3 Å². The van der Waals surface area contributed by atoms with Gasteiger partial charge in [0, 0.05) is 18.8 Å². The highest BCUT2D eigenvalue weighted by molar-refractivity contribution is 7.89. The van der Waals surface area contributed by atoms with Gasteiger partial charge in [0.1, 0.15) is 0 Å². The lowest BCUT2D eigenvalue weighted by atomic mass is 10.1. The molecule has 100 valence electrons. The number of hydrogen-bond donors (Lipinski definition) is 2. The summed E-state index contributed by atoms with van der Waals surface area (Å²) in [4.78, 5) is 0.284. The highest BCUT2D eigenvalue weighted by Gasteiger charge is 2.37. The Morgan fingerprint density at radius 1 is 1.28 bits per heavy atom. The van der Waals surface area contributed by atoms with E-state index in [0.717, 1.165) is 11.1 Å². The summed E-state index contributed by atoms with van der Waals surface area (Å²) in [6.45, 7) is 5.66. The number of aliphatic hydroxyl groups excluding tert-OH is 1. The average molecular weight is 270 g/mol. The van der Waals surface area contributed by atoms with Crippen molar-refractivity contribution >= 4 is 15.7 Å². The molecule has 1 saturated heterocycles. The molecule has 0 aromatic heterocycles. The van der Waals surface area contributed by atoms with Crippen LogP contribution in [-0.2, 0) is 10.0 Å². The van der Waals surface area contributed by atoms with Crippen molar-refractivity contribution < 1.29 is 13.5 Å². The Kier molecular flexibility index (Phi) is 3.12. The SMILES string of the molecule is Cc1cc(N)c(C)c(S(=O)(=O)N2CC(O)C2)c1C. The first kappa shape index (κ1) is 13.3. The molecule has 18 heavy (non-hydrogen) atoms. The number of aryl methyl sites for hydroxylation is 1. The van der Waals surface area contributed by atoms with Crippen LogP contribution in [0.4, 0.5) is 5.69 Å². The molecule has 0 unspecified atom stereocenters. The van der Waals surface area contributed by atoms with E-state index in [2.05, 4.69) is 0 Å². The summed E-state index contributed by atoms with van der Waals surface area (Å²) in [5.74, 6) is 0. The molecule has 1 aromatic rings. The summed E-state index contributed by atoms with van der Waals surface area (Å²) < 4.78 is 26.2. The van der Waals surface area contributed by atoms with Crippen LogP contribution in [0.25, 0.3) is 0 Å². The van der Waals surface area contributed by atoms with Crippen molar-refractivity contribution in [2.24, 2.45) is 0 Å². The van der Waals surface area contributed by atoms with Crippen LogP contribution >= 0.6 is 0 Å². The third-order valence-electron chi connectivity index (χ3n) is 3.50. The fraction of sp³-hybridized carbons (Fsp3) is 0.500. The maximum atomic E-state index is 12.5. The molecule has 2 rings (SSSR count). The van der Waals surface area contributed by atoms with Gasteiger partial charge in [-0.1, -0.05) is 0 Å². The number of hydrogen-bond acceptors (Lipinski definition) is 4. The first-order chi connectivity index (χ1) is 8.25. The molecular formula is C12H18N2O3S. The summed E-state index contributed by atoms with van der Waals surface area (Å²) in [7, 11) is -3.55. The Labute approximate surface area is 107 Å². The molecular weight excluding hydrogens is 252 g/mol. The Morgan fingerprint density at radius 2 is 1.83 bits per heavy atom. The van der Waals surface area contributed by atoms with Crippen molar-refractivity contribution in [1.82, 2.24) is 4.31 Å². The van der Waals surface area contributed by atoms with Gasteiger partial charge in [0.15, 0.2) is 0 Å². The van der Waals surface area contributed by atoms with Crippen LogP contribution in [0.15, 0.2) is 11.0 Å². The standard InChI is InChI=1S/C12H18N2O3S/c1-7-4-11(13)9(3)12(8(7)2)18(16,17)14-5-10(15)6-14/h4,10,15H,5-6,13H2,1-3H3. The fourth-order valence-electron chi connectivity index (χ4n) is 2.17. The Morgan fingerprint density at radius 3 is 2.33 bits per heavy atom. The van der Waals surface area contributed by atoms with Crippen LogP contribution in [-0.4, -0.2) is 37.0 Å². The molecule has 1 aliphatic rings. The number of nitrogens with zero attached hydrogens (tertiary/aromatic N) is 1. The van der Waals surface area contributed by atoms with Crippen molar-refractivity contribution in [3.8, 4) is 0 Å². The second-order valence-electron chi connectivity index (χ2n) is 4.84. The van der Waals surface area contributed by atoms with E-state index < -0.39 is 16.1 Å². The van der Waals surface area contributed by atoms with Gasteiger partial charge in [-0.25, -0.2) is 8.42 Å². The quantitative estimate of drug-likeness (QED) is 0.769. The van der Waals surface area contributed by atoms with Crippen LogP contribution in [0.1, 0.15) is 16.7 Å². The summed E-state index contributed by atoms with van der Waals surface area (Å²) in [5, 5.41) is 9.25. The fourth-order valence-corrected chi connectivity index (χ4v) is 4.22. The molecule has 3 N–H and O–H groups in total. The summed E-state index contributed by atoms with van der Waals surface area (Å²) in [6.07, 6.45) is -0.553. The van der Waals surface area contributed by atoms with Crippen molar-refractivity contribution in [1.29, 1.82) is 0 Å². The van der Waals surface area contributed by atoms with E-state index in [1.54, 1.807) is 19.9 Å². The molecule has 1 fully saturated rings. The van der Waals surface area contributed by atoms with Gasteiger partial charge in [0.05, 0.1) is 11.0 Å². The van der Waals surface area contributed by atoms with Crippen LogP contribution < -0.4 is 5.73 Å². The maximum Gasteiger partial charge on any atom is 0.243 e. The van der Waals surface area contributed by atoms with Crippen LogP contribution in [0.5, 0.6) is 0 Å². The van der Waals surface area contributed by atoms with Gasteiger partial charge < -0.3 is 10.8 Å². The molecule has 0 spiro atoms. The van der Waals surface area contributed by atoms with Crippen molar-refractivity contribution in [2.75, 3.05) is 18.8 Å². The van der Waals surface area contributed by atoms with Gasteiger partial charge in [-0.15, -0.1) is 0 Å². The third-order valence-corrected chi connectivity index (χ3v) is 5.61. The Balaban J connectivity index is 2.58. The van der Waals surface area contributed by atoms with Gasteiger partial charge in [-0.2, -0.15) is 4.31 Å². The highest BCUT2D eigenvalue weighted by atomic mass is 32.2. The van der Waals surface area contributed by atoms with Crippen molar-refractivity contribution in [3.05, 3.63) is 22.8 Å². The number of sulfonamides is 1. The second-order valence-corrected chi connectivity index (χ2v) is 6.71. The zero-order chi connectivity index (χ0) is 13.7. The molecule has 1 heterocycles. The minimum absolute atomic E-state index is 0.162. The van der Waals surface area contributed by atoms with E-state index in [4.69, 9.17) is 5.73 Å². The summed E-state index contributed by atoms with van der Waals surface area (Å²) in [6, 6.07) is 1.79. The number of nitrogen functional groups attached to an aromatic ring is 1. The number of aliphatic hydroxyl groups is 1. The lowest BCUT2D eigenvalue weighted by molar-refractivity contribution is 0.0547. The molecule has 5 nitrogen and oxygen atoms in total. The van der Waals surface area contributed by atoms with E-state index in [1.165, 1.54) is 4.31 Å². The largest absolute Gasteiger partial charge is 0.398 e. The van der Waals surface area contributed by atoms with Gasteiger partial charge in [0.2, 0.25) is 10.0 Å². The predicted molar refractivity (Wildman–Crippen MR) is 69.8 cm³/mol. The number of β-amino-alcohol motifs (C(OH)–C–C–N with tert-alkyl or cyclic N) is 1. The van der Waals surface area contributed by atoms with Gasteiger partial charge in [0.25, 0.3) is 0 Å². The molecule has 0 radical (unpaired) electrons. The first-order valence-corrected chi connectivity index (χ1v) is 7.23. The second kappa shape index (κ2) is 4.22. The minimum atomic E-state index is -3.55. The smallest absolute Gasteiger partial charge is 0.243 e.